The Morgan fingerprint density at radius 3 is 1.71 bits per heavy atom. The van der Waals surface area contributed by atoms with E-state index in [0.717, 1.165) is 0 Å². The number of rotatable bonds is 2. The van der Waals surface area contributed by atoms with Gasteiger partial charge in [-0.25, -0.2) is 0 Å². The molecule has 0 bridgehead atoms. The first kappa shape index (κ1) is 7.57. The minimum absolute atomic E-state index is 1.20. The van der Waals surface area contributed by atoms with Crippen molar-refractivity contribution >= 4 is 31.2 Å². The molecule has 2 nitrogen and oxygen atoms in total. The predicted octanol–water partition coefficient (Wildman–Crippen LogP) is -3.98. The van der Waals surface area contributed by atoms with Crippen LogP contribution in [0, 0.1) is 0 Å². The molecule has 0 saturated carbocycles. The Hall–Kier alpha value is 0.571. The van der Waals surface area contributed by atoms with Crippen LogP contribution in [0.3, 0.4) is 0 Å². The molecule has 0 rings (SSSR count). The third-order valence-electron chi connectivity index (χ3n) is 0.566. The molecular weight excluding hydrogens is 136 g/mol. The van der Waals surface area contributed by atoms with Crippen molar-refractivity contribution < 1.29 is 0 Å². The largest absolute Gasteiger partial charge is 0.349 e. The average molecular weight is 150 g/mol. The molecule has 0 aromatic rings. The molecule has 0 aliphatic heterocycles. The van der Waals surface area contributed by atoms with Crippen LogP contribution in [0.5, 0.6) is 0 Å². The number of nitrogens with zero attached hydrogens (tertiary/aromatic N) is 2. The summed E-state index contributed by atoms with van der Waals surface area (Å²) in [4.78, 5) is 0. The summed E-state index contributed by atoms with van der Waals surface area (Å²) in [7, 11) is 5.85. The van der Waals surface area contributed by atoms with Crippen molar-refractivity contribution in [1.29, 1.82) is 0 Å². The van der Waals surface area contributed by atoms with E-state index in [1.54, 1.807) is 0 Å². The molecule has 0 aromatic heterocycles. The van der Waals surface area contributed by atoms with Gasteiger partial charge in [0, 0.05) is 6.67 Å². The standard InChI is InChI=1S/C2H14N2Si3/c1-3(5)2-4(6)7/h2H2,1,5-7H3. The first-order valence-corrected chi connectivity index (χ1v) is 5.10. The molecule has 44 valence electrons. The Morgan fingerprint density at radius 2 is 1.71 bits per heavy atom. The van der Waals surface area contributed by atoms with E-state index < -0.39 is 0 Å². The van der Waals surface area contributed by atoms with Crippen LogP contribution in [0.4, 0.5) is 0 Å². The smallest absolute Gasteiger partial charge is 0.0796 e. The third-order valence-corrected chi connectivity index (χ3v) is 1.41. The van der Waals surface area contributed by atoms with Gasteiger partial charge in [0.25, 0.3) is 0 Å². The highest BCUT2D eigenvalue weighted by atomic mass is 28.2. The summed E-state index contributed by atoms with van der Waals surface area (Å²) in [5.74, 6) is 0. The molecule has 0 aliphatic carbocycles. The van der Waals surface area contributed by atoms with Gasteiger partial charge in [-0.1, -0.05) is 0 Å². The highest BCUT2D eigenvalue weighted by molar-refractivity contribution is 6.25. The normalized spacial score (nSPS) is 12.4. The second kappa shape index (κ2) is 3.56. The summed E-state index contributed by atoms with van der Waals surface area (Å²) in [5, 5.41) is 0. The highest BCUT2D eigenvalue weighted by Gasteiger charge is 1.86. The Bertz CT molecular complexity index is 40.2. The molecule has 0 radical (unpaired) electrons. The van der Waals surface area contributed by atoms with Crippen LogP contribution in [0.2, 0.25) is 0 Å². The van der Waals surface area contributed by atoms with E-state index in [2.05, 4.69) is 15.8 Å². The minimum atomic E-state index is 1.20. The lowest BCUT2D eigenvalue weighted by Gasteiger charge is -2.16. The van der Waals surface area contributed by atoms with Gasteiger partial charge in [0.1, 0.15) is 0 Å². The van der Waals surface area contributed by atoms with Crippen LogP contribution in [0.1, 0.15) is 0 Å². The summed E-state index contributed by atoms with van der Waals surface area (Å²) in [5.41, 5.74) is 0. The lowest BCUT2D eigenvalue weighted by atomic mass is 11.1. The topological polar surface area (TPSA) is 6.48 Å². The SMILES string of the molecule is CN([SiH3])CN([SiH3])[SiH3]. The van der Waals surface area contributed by atoms with Crippen molar-refractivity contribution in [2.45, 2.75) is 0 Å². The fourth-order valence-electron chi connectivity index (χ4n) is 0.566. The molecule has 7 heavy (non-hydrogen) atoms. The molecule has 0 spiro atoms. The first-order chi connectivity index (χ1) is 3.13. The molecule has 0 aliphatic rings. The van der Waals surface area contributed by atoms with Crippen LogP contribution < -0.4 is 0 Å². The molecule has 0 fully saturated rings. The van der Waals surface area contributed by atoms with Crippen LogP contribution in [0.15, 0.2) is 0 Å². The van der Waals surface area contributed by atoms with Crippen LogP contribution >= 0.6 is 0 Å². The van der Waals surface area contributed by atoms with Crippen molar-refractivity contribution in [2.75, 3.05) is 13.7 Å². The monoisotopic (exact) mass is 150 g/mol. The Balaban J connectivity index is 2.95. The second-order valence-electron chi connectivity index (χ2n) is 2.30. The minimum Gasteiger partial charge on any atom is -0.349 e. The van der Waals surface area contributed by atoms with Crippen molar-refractivity contribution in [3.8, 4) is 0 Å². The summed E-state index contributed by atoms with van der Waals surface area (Å²) in [6, 6.07) is 0. The van der Waals surface area contributed by atoms with E-state index in [0.29, 0.717) is 0 Å². The molecule has 0 heterocycles. The molecule has 5 heteroatoms. The molecular formula is C2H14N2Si3. The third kappa shape index (κ3) is 6.57. The summed E-state index contributed by atoms with van der Waals surface area (Å²) < 4.78 is 4.77. The van der Waals surface area contributed by atoms with Crippen LogP contribution in [-0.4, -0.2) is 53.7 Å². The van der Waals surface area contributed by atoms with Gasteiger partial charge in [-0.15, -0.1) is 0 Å². The number of hydrogen-bond donors (Lipinski definition) is 0. The van der Waals surface area contributed by atoms with E-state index in [4.69, 9.17) is 0 Å². The maximum atomic E-state index is 2.44. The average Bonchev–Trinajstić information content (AvgIpc) is 1.27. The molecule has 0 N–H and O–H groups in total. The zero-order valence-corrected chi connectivity index (χ0v) is 11.6. The zero-order chi connectivity index (χ0) is 5.86. The van der Waals surface area contributed by atoms with E-state index >= 15 is 0 Å². The second-order valence-corrected chi connectivity index (χ2v) is 8.67. The number of hydrogen-bond acceptors (Lipinski definition) is 2. The molecule has 0 atom stereocenters. The van der Waals surface area contributed by atoms with Crippen LogP contribution in [0.25, 0.3) is 0 Å². The summed E-state index contributed by atoms with van der Waals surface area (Å²) in [6.45, 7) is 1.21. The molecule has 0 amide bonds. The van der Waals surface area contributed by atoms with Gasteiger partial charge in [0.15, 0.2) is 0 Å². The maximum Gasteiger partial charge on any atom is 0.0796 e. The molecule has 0 aromatic carbocycles. The van der Waals surface area contributed by atoms with Crippen molar-refractivity contribution in [2.24, 2.45) is 0 Å². The van der Waals surface area contributed by atoms with Crippen molar-refractivity contribution in [3.05, 3.63) is 0 Å². The van der Waals surface area contributed by atoms with Gasteiger partial charge in [-0.2, -0.15) is 0 Å². The summed E-state index contributed by atoms with van der Waals surface area (Å²) >= 11 is 0. The highest BCUT2D eigenvalue weighted by Crippen LogP contribution is 1.71. The Labute approximate surface area is 54.4 Å². The zero-order valence-electron chi connectivity index (χ0n) is 5.60. The lowest BCUT2D eigenvalue weighted by Crippen LogP contribution is -2.30. The van der Waals surface area contributed by atoms with Crippen LogP contribution in [-0.2, 0) is 0 Å². The van der Waals surface area contributed by atoms with Gasteiger partial charge in [-0.3, -0.25) is 0 Å². The van der Waals surface area contributed by atoms with Crippen molar-refractivity contribution in [3.63, 3.8) is 0 Å². The summed E-state index contributed by atoms with van der Waals surface area (Å²) in [6.07, 6.45) is 0. The predicted molar refractivity (Wildman–Crippen MR) is 44.3 cm³/mol. The maximum absolute atomic E-state index is 2.44. The van der Waals surface area contributed by atoms with Gasteiger partial charge in [0.2, 0.25) is 0 Å². The fourth-order valence-corrected chi connectivity index (χ4v) is 3.39. The van der Waals surface area contributed by atoms with E-state index in [9.17, 15) is 0 Å². The van der Waals surface area contributed by atoms with E-state index in [-0.39, 0.29) is 0 Å². The molecule has 0 unspecified atom stereocenters. The van der Waals surface area contributed by atoms with E-state index in [1.807, 2.05) is 0 Å². The van der Waals surface area contributed by atoms with Gasteiger partial charge >= 0.3 is 0 Å². The van der Waals surface area contributed by atoms with Gasteiger partial charge in [0.05, 0.1) is 31.2 Å². The lowest BCUT2D eigenvalue weighted by molar-refractivity contribution is 0.453. The van der Waals surface area contributed by atoms with Gasteiger partial charge in [-0.05, 0) is 7.05 Å². The molecule has 0 saturated heterocycles. The Morgan fingerprint density at radius 1 is 1.29 bits per heavy atom. The van der Waals surface area contributed by atoms with Crippen molar-refractivity contribution in [1.82, 2.24) is 8.80 Å². The van der Waals surface area contributed by atoms with Gasteiger partial charge < -0.3 is 8.80 Å². The van der Waals surface area contributed by atoms with E-state index in [1.165, 1.54) is 37.9 Å². The first-order valence-electron chi connectivity index (χ1n) is 2.42. The quantitative estimate of drug-likeness (QED) is 0.293. The fraction of sp³-hybridized carbons (Fsp3) is 1.00. The Kier molecular flexibility index (Phi) is 3.85.